The number of hydrogen-bond acceptors (Lipinski definition) is 5. The van der Waals surface area contributed by atoms with Crippen molar-refractivity contribution < 1.29 is 22.7 Å². The summed E-state index contributed by atoms with van der Waals surface area (Å²) in [5.41, 5.74) is 1.04. The van der Waals surface area contributed by atoms with Crippen LogP contribution >= 0.6 is 11.6 Å². The Labute approximate surface area is 146 Å². The summed E-state index contributed by atoms with van der Waals surface area (Å²) in [7, 11) is -3.01. The molecule has 132 valence electrons. The highest BCUT2D eigenvalue weighted by atomic mass is 35.5. The molecule has 0 saturated carbocycles. The van der Waals surface area contributed by atoms with Crippen LogP contribution in [0.3, 0.4) is 0 Å². The Morgan fingerprint density at radius 2 is 1.96 bits per heavy atom. The second-order valence-electron chi connectivity index (χ2n) is 5.86. The van der Waals surface area contributed by atoms with Gasteiger partial charge >= 0.3 is 5.97 Å². The number of amides is 1. The minimum Gasteiger partial charge on any atom is -0.456 e. The van der Waals surface area contributed by atoms with E-state index in [0.717, 1.165) is 5.56 Å². The maximum atomic E-state index is 11.6. The van der Waals surface area contributed by atoms with E-state index in [-0.39, 0.29) is 36.4 Å². The van der Waals surface area contributed by atoms with E-state index in [2.05, 4.69) is 5.32 Å². The highest BCUT2D eigenvalue weighted by Gasteiger charge is 2.29. The Kier molecular flexibility index (Phi) is 6.62. The van der Waals surface area contributed by atoms with Crippen molar-refractivity contribution in [3.05, 3.63) is 34.9 Å². The van der Waals surface area contributed by atoms with E-state index in [1.165, 1.54) is 0 Å². The first-order chi connectivity index (χ1) is 11.3. The summed E-state index contributed by atoms with van der Waals surface area (Å²) >= 11 is 5.79. The van der Waals surface area contributed by atoms with Gasteiger partial charge < -0.3 is 10.1 Å². The van der Waals surface area contributed by atoms with Gasteiger partial charge in [-0.3, -0.25) is 9.59 Å². The van der Waals surface area contributed by atoms with Crippen molar-refractivity contribution in [2.75, 3.05) is 24.7 Å². The highest BCUT2D eigenvalue weighted by molar-refractivity contribution is 7.91. The van der Waals surface area contributed by atoms with Gasteiger partial charge in [0.1, 0.15) is 0 Å². The van der Waals surface area contributed by atoms with Crippen molar-refractivity contribution in [1.82, 2.24) is 5.32 Å². The molecular formula is C16H20ClNO5S. The third-order valence-corrected chi connectivity index (χ3v) is 5.88. The Morgan fingerprint density at radius 3 is 2.58 bits per heavy atom. The average molecular weight is 374 g/mol. The molecule has 1 amide bonds. The van der Waals surface area contributed by atoms with Crippen molar-refractivity contribution in [1.29, 1.82) is 0 Å². The molecule has 1 aliphatic heterocycles. The van der Waals surface area contributed by atoms with Crippen LogP contribution in [0.25, 0.3) is 0 Å². The van der Waals surface area contributed by atoms with Gasteiger partial charge in [-0.05, 0) is 36.5 Å². The van der Waals surface area contributed by atoms with Gasteiger partial charge in [-0.15, -0.1) is 0 Å². The summed E-state index contributed by atoms with van der Waals surface area (Å²) in [6.07, 6.45) is 1.17. The van der Waals surface area contributed by atoms with Crippen LogP contribution in [0.2, 0.25) is 5.02 Å². The van der Waals surface area contributed by atoms with Crippen LogP contribution in [0.5, 0.6) is 0 Å². The lowest BCUT2D eigenvalue weighted by Crippen LogP contribution is -2.30. The molecule has 2 rings (SSSR count). The number of esters is 1. The topological polar surface area (TPSA) is 89.5 Å². The zero-order chi connectivity index (χ0) is 17.6. The number of carbonyl (C=O) groups excluding carboxylic acids is 2. The average Bonchev–Trinajstić information content (AvgIpc) is 2.86. The first-order valence-electron chi connectivity index (χ1n) is 7.71. The largest absolute Gasteiger partial charge is 0.456 e. The Morgan fingerprint density at radius 1 is 1.25 bits per heavy atom. The molecular weight excluding hydrogens is 354 g/mol. The van der Waals surface area contributed by atoms with E-state index in [1.54, 1.807) is 12.1 Å². The molecule has 1 N–H and O–H groups in total. The van der Waals surface area contributed by atoms with Crippen molar-refractivity contribution in [3.8, 4) is 0 Å². The Hall–Kier alpha value is -1.60. The predicted molar refractivity (Wildman–Crippen MR) is 90.5 cm³/mol. The number of halogens is 1. The number of carbonyl (C=O) groups is 2. The molecule has 0 unspecified atom stereocenters. The second-order valence-corrected chi connectivity index (χ2v) is 8.53. The summed E-state index contributed by atoms with van der Waals surface area (Å²) in [6.45, 7) is 0.0812. The minimum absolute atomic E-state index is 0.0232. The molecule has 1 fully saturated rings. The molecule has 1 atom stereocenters. The van der Waals surface area contributed by atoms with Crippen molar-refractivity contribution in [2.45, 2.75) is 19.3 Å². The molecule has 0 spiro atoms. The zero-order valence-corrected chi connectivity index (χ0v) is 14.7. The Bertz CT molecular complexity index is 687. The van der Waals surface area contributed by atoms with Crippen LogP contribution in [0.15, 0.2) is 24.3 Å². The SMILES string of the molecule is O=C(COC(=O)C[C@@H]1CCS(=O)(=O)C1)NCCc1ccc(Cl)cc1. The molecule has 0 bridgehead atoms. The summed E-state index contributed by atoms with van der Waals surface area (Å²) in [5.74, 6) is -0.970. The van der Waals surface area contributed by atoms with Crippen molar-refractivity contribution >= 4 is 33.3 Å². The van der Waals surface area contributed by atoms with E-state index in [4.69, 9.17) is 16.3 Å². The predicted octanol–water partition coefficient (Wildman–Crippen LogP) is 1.37. The number of benzene rings is 1. The molecule has 1 aliphatic rings. The van der Waals surface area contributed by atoms with Crippen molar-refractivity contribution in [2.24, 2.45) is 5.92 Å². The molecule has 1 aromatic rings. The van der Waals surface area contributed by atoms with E-state index in [9.17, 15) is 18.0 Å². The summed E-state index contributed by atoms with van der Waals surface area (Å²) in [4.78, 5) is 23.3. The lowest BCUT2D eigenvalue weighted by atomic mass is 10.1. The summed E-state index contributed by atoms with van der Waals surface area (Å²) in [6, 6.07) is 7.32. The minimum atomic E-state index is -3.01. The Balaban J connectivity index is 1.60. The van der Waals surface area contributed by atoms with Crippen LogP contribution in [0.4, 0.5) is 0 Å². The smallest absolute Gasteiger partial charge is 0.306 e. The molecule has 24 heavy (non-hydrogen) atoms. The number of rotatable bonds is 7. The quantitative estimate of drug-likeness (QED) is 0.729. The third-order valence-electron chi connectivity index (χ3n) is 3.80. The van der Waals surface area contributed by atoms with Gasteiger partial charge in [0.05, 0.1) is 11.5 Å². The maximum Gasteiger partial charge on any atom is 0.306 e. The van der Waals surface area contributed by atoms with Gasteiger partial charge in [0.25, 0.3) is 5.91 Å². The van der Waals surface area contributed by atoms with E-state index >= 15 is 0 Å². The fraction of sp³-hybridized carbons (Fsp3) is 0.500. The molecule has 1 heterocycles. The molecule has 1 aromatic carbocycles. The molecule has 0 radical (unpaired) electrons. The number of hydrogen-bond donors (Lipinski definition) is 1. The van der Waals surface area contributed by atoms with Gasteiger partial charge in [0.15, 0.2) is 16.4 Å². The lowest BCUT2D eigenvalue weighted by molar-refractivity contribution is -0.149. The molecule has 1 saturated heterocycles. The van der Waals surface area contributed by atoms with Crippen LogP contribution in [-0.2, 0) is 30.6 Å². The van der Waals surface area contributed by atoms with Crippen molar-refractivity contribution in [3.63, 3.8) is 0 Å². The van der Waals surface area contributed by atoms with Gasteiger partial charge in [0.2, 0.25) is 0 Å². The fourth-order valence-electron chi connectivity index (χ4n) is 2.52. The van der Waals surface area contributed by atoms with Crippen LogP contribution in [-0.4, -0.2) is 45.0 Å². The molecule has 0 aliphatic carbocycles. The normalized spacial score (nSPS) is 19.0. The lowest BCUT2D eigenvalue weighted by Gasteiger charge is -2.09. The van der Waals surface area contributed by atoms with Gasteiger partial charge in [-0.25, -0.2) is 8.42 Å². The van der Waals surface area contributed by atoms with E-state index < -0.39 is 15.8 Å². The third kappa shape index (κ3) is 6.49. The van der Waals surface area contributed by atoms with Crippen LogP contribution < -0.4 is 5.32 Å². The summed E-state index contributed by atoms with van der Waals surface area (Å²) in [5, 5.41) is 3.32. The van der Waals surface area contributed by atoms with Gasteiger partial charge in [0, 0.05) is 18.0 Å². The second kappa shape index (κ2) is 8.48. The highest BCUT2D eigenvalue weighted by Crippen LogP contribution is 2.21. The number of sulfone groups is 1. The zero-order valence-electron chi connectivity index (χ0n) is 13.2. The molecule has 0 aromatic heterocycles. The first kappa shape index (κ1) is 18.7. The van der Waals surface area contributed by atoms with E-state index in [1.807, 2.05) is 12.1 Å². The van der Waals surface area contributed by atoms with Crippen LogP contribution in [0.1, 0.15) is 18.4 Å². The van der Waals surface area contributed by atoms with Crippen LogP contribution in [0, 0.1) is 5.92 Å². The van der Waals surface area contributed by atoms with Gasteiger partial charge in [-0.2, -0.15) is 0 Å². The van der Waals surface area contributed by atoms with E-state index in [0.29, 0.717) is 24.4 Å². The monoisotopic (exact) mass is 373 g/mol. The summed E-state index contributed by atoms with van der Waals surface area (Å²) < 4.78 is 27.5. The van der Waals surface area contributed by atoms with Gasteiger partial charge in [-0.1, -0.05) is 23.7 Å². The fourth-order valence-corrected chi connectivity index (χ4v) is 4.51. The number of nitrogens with one attached hydrogen (secondary N) is 1. The molecule has 8 heteroatoms. The number of ether oxygens (including phenoxy) is 1. The molecule has 6 nitrogen and oxygen atoms in total. The standard InChI is InChI=1S/C16H20ClNO5S/c17-14-3-1-12(2-4-14)5-7-18-15(19)10-23-16(20)9-13-6-8-24(21,22)11-13/h1-4,13H,5-11H2,(H,18,19)/t13-/m0/s1. The first-order valence-corrected chi connectivity index (χ1v) is 9.91. The maximum absolute atomic E-state index is 11.6.